The Morgan fingerprint density at radius 2 is 2.00 bits per heavy atom. The number of aryl methyl sites for hydroxylation is 1. The number of halogens is 1. The summed E-state index contributed by atoms with van der Waals surface area (Å²) in [7, 11) is 0. The van der Waals surface area contributed by atoms with Gasteiger partial charge in [0.1, 0.15) is 5.75 Å². The molecule has 2 N–H and O–H groups in total. The van der Waals surface area contributed by atoms with E-state index in [0.717, 1.165) is 11.1 Å². The van der Waals surface area contributed by atoms with Crippen molar-refractivity contribution in [1.82, 2.24) is 0 Å². The molecule has 0 saturated carbocycles. The van der Waals surface area contributed by atoms with Gasteiger partial charge in [-0.2, -0.15) is 0 Å². The maximum absolute atomic E-state index is 11.7. The summed E-state index contributed by atoms with van der Waals surface area (Å²) >= 11 is 0. The molecule has 0 heterocycles. The molecule has 0 radical (unpaired) electrons. The van der Waals surface area contributed by atoms with Crippen molar-refractivity contribution in [3.63, 3.8) is 0 Å². The van der Waals surface area contributed by atoms with E-state index < -0.39 is 5.60 Å². The molecule has 0 atom stereocenters. The van der Waals surface area contributed by atoms with Gasteiger partial charge in [-0.15, -0.1) is 12.4 Å². The van der Waals surface area contributed by atoms with E-state index in [4.69, 9.17) is 15.2 Å². The second kappa shape index (κ2) is 7.36. The number of hydrogen-bond donors (Lipinski definition) is 1. The number of benzene rings is 1. The summed E-state index contributed by atoms with van der Waals surface area (Å²) in [6.45, 7) is 7.92. The Morgan fingerprint density at radius 3 is 2.47 bits per heavy atom. The Hall–Kier alpha value is -1.26. The minimum atomic E-state index is -0.995. The summed E-state index contributed by atoms with van der Waals surface area (Å²) in [5, 5.41) is 0. The highest BCUT2D eigenvalue weighted by atomic mass is 35.5. The van der Waals surface area contributed by atoms with Gasteiger partial charge in [-0.25, -0.2) is 4.79 Å². The van der Waals surface area contributed by atoms with Crippen LogP contribution in [0.15, 0.2) is 18.2 Å². The van der Waals surface area contributed by atoms with Gasteiger partial charge in [0, 0.05) is 6.54 Å². The molecule has 0 aliphatic carbocycles. The molecule has 0 fully saturated rings. The SMILES string of the molecule is CCOC(=O)C(C)(C)Oc1ccc(CN)cc1C.Cl. The summed E-state index contributed by atoms with van der Waals surface area (Å²) in [6.07, 6.45) is 0. The molecule has 19 heavy (non-hydrogen) atoms. The summed E-state index contributed by atoms with van der Waals surface area (Å²) in [4.78, 5) is 11.7. The molecule has 0 aromatic heterocycles. The lowest BCUT2D eigenvalue weighted by atomic mass is 10.1. The lowest BCUT2D eigenvalue weighted by Crippen LogP contribution is -2.39. The first-order valence-corrected chi connectivity index (χ1v) is 6.06. The zero-order valence-electron chi connectivity index (χ0n) is 11.9. The van der Waals surface area contributed by atoms with Crippen LogP contribution in [0.25, 0.3) is 0 Å². The van der Waals surface area contributed by atoms with Crippen molar-refractivity contribution in [3.05, 3.63) is 29.3 Å². The third kappa shape index (κ3) is 4.73. The van der Waals surface area contributed by atoms with Gasteiger partial charge in [0.2, 0.25) is 0 Å². The predicted octanol–water partition coefficient (Wildman–Crippen LogP) is 2.60. The van der Waals surface area contributed by atoms with E-state index >= 15 is 0 Å². The van der Waals surface area contributed by atoms with Crippen LogP contribution in [0.2, 0.25) is 0 Å². The second-order valence-corrected chi connectivity index (χ2v) is 4.64. The number of esters is 1. The Balaban J connectivity index is 0.00000324. The van der Waals surface area contributed by atoms with E-state index in [0.29, 0.717) is 18.9 Å². The number of rotatable bonds is 5. The van der Waals surface area contributed by atoms with E-state index in [1.54, 1.807) is 20.8 Å². The van der Waals surface area contributed by atoms with Gasteiger partial charge in [0.25, 0.3) is 0 Å². The third-order valence-corrected chi connectivity index (χ3v) is 2.61. The first-order valence-electron chi connectivity index (χ1n) is 6.06. The van der Waals surface area contributed by atoms with Crippen molar-refractivity contribution < 1.29 is 14.3 Å². The van der Waals surface area contributed by atoms with Gasteiger partial charge in [-0.05, 0) is 44.9 Å². The van der Waals surface area contributed by atoms with Gasteiger partial charge < -0.3 is 15.2 Å². The van der Waals surface area contributed by atoms with Gasteiger partial charge in [0.05, 0.1) is 6.61 Å². The summed E-state index contributed by atoms with van der Waals surface area (Å²) in [6, 6.07) is 5.68. The van der Waals surface area contributed by atoms with E-state index in [-0.39, 0.29) is 18.4 Å². The maximum Gasteiger partial charge on any atom is 0.349 e. The van der Waals surface area contributed by atoms with Crippen molar-refractivity contribution in [2.45, 2.75) is 39.8 Å². The van der Waals surface area contributed by atoms with E-state index in [1.165, 1.54) is 0 Å². The number of nitrogens with two attached hydrogens (primary N) is 1. The fourth-order valence-electron chi connectivity index (χ4n) is 1.57. The number of carbonyl (C=O) groups is 1. The zero-order valence-corrected chi connectivity index (χ0v) is 12.7. The predicted molar refractivity (Wildman–Crippen MR) is 77.7 cm³/mol. The topological polar surface area (TPSA) is 61.5 Å². The summed E-state index contributed by atoms with van der Waals surface area (Å²) in [5.41, 5.74) is 6.56. The van der Waals surface area contributed by atoms with Crippen molar-refractivity contribution in [1.29, 1.82) is 0 Å². The quantitative estimate of drug-likeness (QED) is 0.846. The molecule has 0 amide bonds. The number of ether oxygens (including phenoxy) is 2. The van der Waals surface area contributed by atoms with Crippen LogP contribution < -0.4 is 10.5 Å². The average Bonchev–Trinajstić information content (AvgIpc) is 2.32. The molecule has 0 unspecified atom stereocenters. The Morgan fingerprint density at radius 1 is 1.37 bits per heavy atom. The lowest BCUT2D eigenvalue weighted by molar-refractivity contribution is -0.158. The highest BCUT2D eigenvalue weighted by Crippen LogP contribution is 2.24. The first kappa shape index (κ1) is 17.7. The van der Waals surface area contributed by atoms with Gasteiger partial charge in [-0.1, -0.05) is 12.1 Å². The lowest BCUT2D eigenvalue weighted by Gasteiger charge is -2.25. The van der Waals surface area contributed by atoms with E-state index in [9.17, 15) is 4.79 Å². The van der Waals surface area contributed by atoms with Crippen LogP contribution in [-0.2, 0) is 16.1 Å². The fourth-order valence-corrected chi connectivity index (χ4v) is 1.57. The number of hydrogen-bond acceptors (Lipinski definition) is 4. The smallest absolute Gasteiger partial charge is 0.349 e. The molecule has 108 valence electrons. The molecule has 0 spiro atoms. The van der Waals surface area contributed by atoms with E-state index in [1.807, 2.05) is 25.1 Å². The van der Waals surface area contributed by atoms with Crippen molar-refractivity contribution in [3.8, 4) is 5.75 Å². The minimum Gasteiger partial charge on any atom is -0.476 e. The van der Waals surface area contributed by atoms with Crippen LogP contribution in [0.1, 0.15) is 31.9 Å². The van der Waals surface area contributed by atoms with E-state index in [2.05, 4.69) is 0 Å². The van der Waals surface area contributed by atoms with Gasteiger partial charge in [-0.3, -0.25) is 0 Å². The molecule has 0 aliphatic heterocycles. The van der Waals surface area contributed by atoms with Crippen LogP contribution in [0.5, 0.6) is 5.75 Å². The Labute approximate surface area is 120 Å². The normalized spacial score (nSPS) is 10.6. The molecule has 4 nitrogen and oxygen atoms in total. The fraction of sp³-hybridized carbons (Fsp3) is 0.500. The maximum atomic E-state index is 11.7. The van der Waals surface area contributed by atoms with Crippen molar-refractivity contribution in [2.75, 3.05) is 6.61 Å². The summed E-state index contributed by atoms with van der Waals surface area (Å²) < 4.78 is 10.7. The van der Waals surface area contributed by atoms with Gasteiger partial charge in [0.15, 0.2) is 5.60 Å². The molecular weight excluding hydrogens is 266 g/mol. The van der Waals surface area contributed by atoms with Crippen LogP contribution >= 0.6 is 12.4 Å². The Kier molecular flexibility index (Phi) is 6.87. The van der Waals surface area contributed by atoms with Crippen LogP contribution in [0.3, 0.4) is 0 Å². The molecular formula is C14H22ClNO3. The second-order valence-electron chi connectivity index (χ2n) is 4.64. The zero-order chi connectivity index (χ0) is 13.8. The number of carbonyl (C=O) groups excluding carboxylic acids is 1. The molecule has 0 bridgehead atoms. The molecule has 1 aromatic carbocycles. The highest BCUT2D eigenvalue weighted by Gasteiger charge is 2.31. The monoisotopic (exact) mass is 287 g/mol. The molecule has 0 aliphatic rings. The standard InChI is InChI=1S/C14H21NO3.ClH/c1-5-17-13(16)14(3,4)18-12-7-6-11(9-15)8-10(12)2;/h6-8H,5,9,15H2,1-4H3;1H. The van der Waals surface area contributed by atoms with Gasteiger partial charge >= 0.3 is 5.97 Å². The average molecular weight is 288 g/mol. The largest absolute Gasteiger partial charge is 0.476 e. The third-order valence-electron chi connectivity index (χ3n) is 2.61. The van der Waals surface area contributed by atoms with Crippen molar-refractivity contribution in [2.24, 2.45) is 5.73 Å². The first-order chi connectivity index (χ1) is 8.40. The van der Waals surface area contributed by atoms with Crippen LogP contribution in [0.4, 0.5) is 0 Å². The molecule has 1 aromatic rings. The molecule has 1 rings (SSSR count). The van der Waals surface area contributed by atoms with Crippen LogP contribution in [0, 0.1) is 6.92 Å². The summed E-state index contributed by atoms with van der Waals surface area (Å²) in [5.74, 6) is 0.303. The molecule has 5 heteroatoms. The minimum absolute atomic E-state index is 0. The van der Waals surface area contributed by atoms with Crippen LogP contribution in [-0.4, -0.2) is 18.2 Å². The van der Waals surface area contributed by atoms with Crippen molar-refractivity contribution >= 4 is 18.4 Å². The molecule has 0 saturated heterocycles. The highest BCUT2D eigenvalue weighted by molar-refractivity contribution is 5.85. The Bertz CT molecular complexity index is 433.